The number of hydrogen-bond donors (Lipinski definition) is 2. The molecule has 1 aromatic heterocycles. The van der Waals surface area contributed by atoms with Crippen molar-refractivity contribution in [2.75, 3.05) is 11.9 Å². The molecule has 0 saturated heterocycles. The van der Waals surface area contributed by atoms with Gasteiger partial charge in [-0.3, -0.25) is 4.79 Å². The van der Waals surface area contributed by atoms with Gasteiger partial charge < -0.3 is 11.1 Å². The number of carbonyl (C=O) groups excluding carboxylic acids is 1. The van der Waals surface area contributed by atoms with E-state index in [9.17, 15) is 9.18 Å². The highest BCUT2D eigenvalue weighted by Crippen LogP contribution is 2.12. The first-order valence-corrected chi connectivity index (χ1v) is 6.72. The van der Waals surface area contributed by atoms with Gasteiger partial charge in [0.25, 0.3) is 0 Å². The molecule has 0 aliphatic heterocycles. The Kier molecular flexibility index (Phi) is 5.04. The molecule has 0 fully saturated rings. The summed E-state index contributed by atoms with van der Waals surface area (Å²) in [6.07, 6.45) is 1.95. The summed E-state index contributed by atoms with van der Waals surface area (Å²) in [6.45, 7) is 0.334. The third-order valence-corrected chi connectivity index (χ3v) is 3.23. The van der Waals surface area contributed by atoms with Gasteiger partial charge >= 0.3 is 0 Å². The Morgan fingerprint density at radius 1 is 1.32 bits per heavy atom. The Bertz CT molecular complexity index is 677. The van der Waals surface area contributed by atoms with Gasteiger partial charge in [0.15, 0.2) is 0 Å². The zero-order valence-electron chi connectivity index (χ0n) is 11.8. The lowest BCUT2D eigenvalue weighted by Crippen LogP contribution is -2.31. The third-order valence-electron chi connectivity index (χ3n) is 3.23. The zero-order chi connectivity index (χ0) is 15.9. The highest BCUT2D eigenvalue weighted by molar-refractivity contribution is 5.77. The van der Waals surface area contributed by atoms with Gasteiger partial charge in [0.05, 0.1) is 17.8 Å². The maximum Gasteiger partial charge on any atom is 0.222 e. The van der Waals surface area contributed by atoms with E-state index in [0.717, 1.165) is 5.56 Å². The number of hydrogen-bond acceptors (Lipinski definition) is 4. The fourth-order valence-corrected chi connectivity index (χ4v) is 1.98. The molecule has 0 saturated carbocycles. The van der Waals surface area contributed by atoms with Crippen molar-refractivity contribution in [2.45, 2.75) is 6.42 Å². The fraction of sp³-hybridized carbons (Fsp3) is 0.188. The van der Waals surface area contributed by atoms with Gasteiger partial charge in [-0.15, -0.1) is 0 Å². The summed E-state index contributed by atoms with van der Waals surface area (Å²) < 4.78 is 12.9. The van der Waals surface area contributed by atoms with Crippen LogP contribution in [0.15, 0.2) is 42.6 Å². The summed E-state index contributed by atoms with van der Waals surface area (Å²) in [5.41, 5.74) is 7.27. The van der Waals surface area contributed by atoms with Crippen molar-refractivity contribution in [1.82, 2.24) is 4.98 Å². The number of pyridine rings is 1. The van der Waals surface area contributed by atoms with Crippen molar-refractivity contribution in [1.29, 1.82) is 5.26 Å². The van der Waals surface area contributed by atoms with Crippen molar-refractivity contribution in [3.8, 4) is 6.07 Å². The quantitative estimate of drug-likeness (QED) is 0.851. The molecule has 22 heavy (non-hydrogen) atoms. The molecule has 3 N–H and O–H groups in total. The van der Waals surface area contributed by atoms with Crippen molar-refractivity contribution < 1.29 is 9.18 Å². The number of aromatic nitrogens is 1. The van der Waals surface area contributed by atoms with Crippen LogP contribution >= 0.6 is 0 Å². The Balaban J connectivity index is 1.98. The van der Waals surface area contributed by atoms with E-state index >= 15 is 0 Å². The predicted octanol–water partition coefficient (Wildman–Crippen LogP) is 1.85. The molecule has 112 valence electrons. The number of primary amides is 1. The van der Waals surface area contributed by atoms with Crippen LogP contribution in [-0.4, -0.2) is 17.4 Å². The van der Waals surface area contributed by atoms with Gasteiger partial charge in [-0.05, 0) is 36.2 Å². The van der Waals surface area contributed by atoms with Crippen LogP contribution in [0.25, 0.3) is 0 Å². The summed E-state index contributed by atoms with van der Waals surface area (Å²) in [4.78, 5) is 15.5. The van der Waals surface area contributed by atoms with Gasteiger partial charge in [0, 0.05) is 6.54 Å². The van der Waals surface area contributed by atoms with Crippen LogP contribution in [0, 0.1) is 23.1 Å². The normalized spacial score (nSPS) is 11.5. The van der Waals surface area contributed by atoms with Crippen LogP contribution in [0.3, 0.4) is 0 Å². The summed E-state index contributed by atoms with van der Waals surface area (Å²) in [5, 5.41) is 11.7. The van der Waals surface area contributed by atoms with Crippen LogP contribution in [0.2, 0.25) is 0 Å². The molecule has 2 rings (SSSR count). The van der Waals surface area contributed by atoms with E-state index in [1.165, 1.54) is 18.3 Å². The van der Waals surface area contributed by atoms with Crippen LogP contribution in [-0.2, 0) is 11.2 Å². The Hall–Kier alpha value is -2.94. The monoisotopic (exact) mass is 298 g/mol. The van der Waals surface area contributed by atoms with E-state index in [1.807, 2.05) is 6.07 Å². The lowest BCUT2D eigenvalue weighted by Gasteiger charge is -2.15. The Morgan fingerprint density at radius 3 is 2.59 bits per heavy atom. The predicted molar refractivity (Wildman–Crippen MR) is 80.2 cm³/mol. The maximum atomic E-state index is 12.9. The second kappa shape index (κ2) is 7.18. The van der Waals surface area contributed by atoms with Crippen LogP contribution in [0.1, 0.15) is 11.3 Å². The molecule has 1 heterocycles. The lowest BCUT2D eigenvalue weighted by atomic mass is 9.98. The number of nitrogens with zero attached hydrogens (tertiary/aromatic N) is 2. The summed E-state index contributed by atoms with van der Waals surface area (Å²) >= 11 is 0. The van der Waals surface area contributed by atoms with Crippen molar-refractivity contribution in [3.05, 3.63) is 59.7 Å². The summed E-state index contributed by atoms with van der Waals surface area (Å²) in [6, 6.07) is 11.2. The molecule has 0 radical (unpaired) electrons. The number of benzene rings is 1. The van der Waals surface area contributed by atoms with Crippen molar-refractivity contribution in [3.63, 3.8) is 0 Å². The molecule has 0 bridgehead atoms. The Morgan fingerprint density at radius 2 is 2.05 bits per heavy atom. The molecular weight excluding hydrogens is 283 g/mol. The highest BCUT2D eigenvalue weighted by atomic mass is 19.1. The molecule has 6 heteroatoms. The number of amides is 1. The molecule has 1 atom stereocenters. The molecule has 0 aliphatic rings. The first-order valence-electron chi connectivity index (χ1n) is 6.72. The molecule has 5 nitrogen and oxygen atoms in total. The van der Waals surface area contributed by atoms with Crippen LogP contribution in [0.5, 0.6) is 0 Å². The summed E-state index contributed by atoms with van der Waals surface area (Å²) in [5.74, 6) is -1.18. The van der Waals surface area contributed by atoms with E-state index in [4.69, 9.17) is 11.0 Å². The van der Waals surface area contributed by atoms with Gasteiger partial charge in [-0.1, -0.05) is 12.1 Å². The van der Waals surface area contributed by atoms with Crippen molar-refractivity contribution in [2.24, 2.45) is 11.7 Å². The fourth-order valence-electron chi connectivity index (χ4n) is 1.98. The first-order chi connectivity index (χ1) is 10.6. The van der Waals surface area contributed by atoms with E-state index in [0.29, 0.717) is 24.3 Å². The first kappa shape index (κ1) is 15.4. The van der Waals surface area contributed by atoms with Crippen LogP contribution < -0.4 is 11.1 Å². The van der Waals surface area contributed by atoms with E-state index in [2.05, 4.69) is 10.3 Å². The molecule has 0 unspecified atom stereocenters. The van der Waals surface area contributed by atoms with Crippen LogP contribution in [0.4, 0.5) is 10.1 Å². The number of nitrogens with two attached hydrogens (primary N) is 1. The third kappa shape index (κ3) is 4.28. The van der Waals surface area contributed by atoms with Gasteiger partial charge in [-0.25, -0.2) is 9.37 Å². The number of halogens is 1. The van der Waals surface area contributed by atoms with Gasteiger partial charge in [0.1, 0.15) is 17.6 Å². The number of nitriles is 1. The number of anilines is 1. The minimum absolute atomic E-state index is 0.318. The maximum absolute atomic E-state index is 12.9. The minimum atomic E-state index is -0.432. The topological polar surface area (TPSA) is 91.8 Å². The van der Waals surface area contributed by atoms with Gasteiger partial charge in [0.2, 0.25) is 5.91 Å². The second-order valence-corrected chi connectivity index (χ2v) is 4.85. The molecular formula is C16H15FN4O. The molecule has 1 amide bonds. The zero-order valence-corrected chi connectivity index (χ0v) is 11.8. The number of carbonyl (C=O) groups is 1. The smallest absolute Gasteiger partial charge is 0.222 e. The lowest BCUT2D eigenvalue weighted by molar-refractivity contribution is -0.121. The van der Waals surface area contributed by atoms with E-state index in [-0.39, 0.29) is 5.82 Å². The highest BCUT2D eigenvalue weighted by Gasteiger charge is 2.16. The van der Waals surface area contributed by atoms with E-state index in [1.54, 1.807) is 24.3 Å². The minimum Gasteiger partial charge on any atom is -0.383 e. The number of rotatable bonds is 6. The molecule has 0 spiro atoms. The Labute approximate surface area is 127 Å². The van der Waals surface area contributed by atoms with E-state index < -0.39 is 11.8 Å². The standard InChI is InChI=1S/C16H15FN4O/c17-13-3-1-11(2-4-13)7-12(16(19)22)9-20-15-6-5-14(8-18)21-10-15/h1-6,10,12,20H,7,9H2,(H2,19,22)/t12-/m1/s1. The number of nitrogens with one attached hydrogen (secondary N) is 1. The molecule has 2 aromatic rings. The van der Waals surface area contributed by atoms with Crippen molar-refractivity contribution >= 4 is 11.6 Å². The average molecular weight is 298 g/mol. The second-order valence-electron chi connectivity index (χ2n) is 4.85. The largest absolute Gasteiger partial charge is 0.383 e. The molecule has 0 aliphatic carbocycles. The summed E-state index contributed by atoms with van der Waals surface area (Å²) in [7, 11) is 0. The van der Waals surface area contributed by atoms with Gasteiger partial charge in [-0.2, -0.15) is 5.26 Å². The SMILES string of the molecule is N#Cc1ccc(NC[C@@H](Cc2ccc(F)cc2)C(N)=O)cn1. The average Bonchev–Trinajstić information content (AvgIpc) is 2.53. The molecule has 1 aromatic carbocycles.